The highest BCUT2D eigenvalue weighted by molar-refractivity contribution is 5.88. The van der Waals surface area contributed by atoms with Crippen LogP contribution in [0.4, 0.5) is 17.6 Å². The van der Waals surface area contributed by atoms with Crippen molar-refractivity contribution in [1.29, 1.82) is 0 Å². The highest BCUT2D eigenvalue weighted by Gasteiger charge is 2.14. The molecule has 0 aliphatic rings. The van der Waals surface area contributed by atoms with Gasteiger partial charge in [-0.1, -0.05) is 6.07 Å². The van der Waals surface area contributed by atoms with Gasteiger partial charge in [-0.25, -0.2) is 22.4 Å². The average Bonchev–Trinajstić information content (AvgIpc) is 2.34. The number of halogens is 4. The summed E-state index contributed by atoms with van der Waals surface area (Å²) in [7, 11) is 0. The van der Waals surface area contributed by atoms with Crippen LogP contribution in [0, 0.1) is 23.3 Å². The van der Waals surface area contributed by atoms with Gasteiger partial charge in [-0.3, -0.25) is 0 Å². The molecule has 0 spiro atoms. The lowest BCUT2D eigenvalue weighted by molar-refractivity contribution is 0.0692. The van der Waals surface area contributed by atoms with Crippen molar-refractivity contribution in [1.82, 2.24) is 0 Å². The molecule has 0 saturated carbocycles. The summed E-state index contributed by atoms with van der Waals surface area (Å²) in [6, 6.07) is 4.36. The molecule has 0 saturated heterocycles. The maximum absolute atomic E-state index is 13.4. The molecule has 0 fully saturated rings. The Hall–Kier alpha value is -2.37. The third-order valence-corrected chi connectivity index (χ3v) is 2.52. The van der Waals surface area contributed by atoms with Crippen LogP contribution in [-0.2, 0) is 0 Å². The van der Waals surface area contributed by atoms with Crippen LogP contribution < -0.4 is 0 Å². The second-order valence-corrected chi connectivity index (χ2v) is 3.75. The summed E-state index contributed by atoms with van der Waals surface area (Å²) in [4.78, 5) is 10.6. The topological polar surface area (TPSA) is 37.3 Å². The van der Waals surface area contributed by atoms with Crippen molar-refractivity contribution in [3.63, 3.8) is 0 Å². The zero-order valence-electron chi connectivity index (χ0n) is 9.25. The van der Waals surface area contributed by atoms with E-state index in [1.165, 1.54) is 6.07 Å². The van der Waals surface area contributed by atoms with E-state index in [4.69, 9.17) is 5.11 Å². The average molecular weight is 270 g/mol. The maximum Gasteiger partial charge on any atom is 0.338 e. The molecule has 19 heavy (non-hydrogen) atoms. The fourth-order valence-corrected chi connectivity index (χ4v) is 1.59. The Morgan fingerprint density at radius 1 is 0.842 bits per heavy atom. The van der Waals surface area contributed by atoms with Crippen molar-refractivity contribution in [2.24, 2.45) is 0 Å². The van der Waals surface area contributed by atoms with Gasteiger partial charge in [0.2, 0.25) is 0 Å². The first kappa shape index (κ1) is 13.1. The van der Waals surface area contributed by atoms with Crippen LogP contribution in [0.1, 0.15) is 10.4 Å². The zero-order chi connectivity index (χ0) is 14.2. The molecule has 0 bridgehead atoms. The lowest BCUT2D eigenvalue weighted by atomic mass is 10.0. The summed E-state index contributed by atoms with van der Waals surface area (Å²) in [5.41, 5.74) is -0.612. The van der Waals surface area contributed by atoms with Crippen molar-refractivity contribution in [2.45, 2.75) is 0 Å². The summed E-state index contributed by atoms with van der Waals surface area (Å²) in [6.45, 7) is 0. The quantitative estimate of drug-likeness (QED) is 0.668. The predicted molar refractivity (Wildman–Crippen MR) is 58.7 cm³/mol. The van der Waals surface area contributed by atoms with Crippen LogP contribution in [0.2, 0.25) is 0 Å². The first-order valence-corrected chi connectivity index (χ1v) is 5.08. The van der Waals surface area contributed by atoms with E-state index in [2.05, 4.69) is 0 Å². The molecule has 0 heterocycles. The lowest BCUT2D eigenvalue weighted by Gasteiger charge is -2.05. The first-order valence-electron chi connectivity index (χ1n) is 5.08. The van der Waals surface area contributed by atoms with Gasteiger partial charge in [0.1, 0.15) is 5.82 Å². The standard InChI is InChI=1S/C13H6F4O2/c14-9-3-6(1-2-8(9)13(18)19)7-4-10(15)12(17)11(16)5-7/h1-5H,(H,18,19). The maximum atomic E-state index is 13.4. The summed E-state index contributed by atoms with van der Waals surface area (Å²) >= 11 is 0. The molecule has 2 nitrogen and oxygen atoms in total. The summed E-state index contributed by atoms with van der Waals surface area (Å²) in [5.74, 6) is -6.93. The molecule has 0 unspecified atom stereocenters. The van der Waals surface area contributed by atoms with Gasteiger partial charge in [0.25, 0.3) is 0 Å². The molecule has 0 radical (unpaired) electrons. The van der Waals surface area contributed by atoms with E-state index in [-0.39, 0.29) is 11.1 Å². The van der Waals surface area contributed by atoms with Gasteiger partial charge in [0, 0.05) is 0 Å². The molecule has 0 atom stereocenters. The number of hydrogen-bond donors (Lipinski definition) is 1. The van der Waals surface area contributed by atoms with Gasteiger partial charge in [0.15, 0.2) is 17.5 Å². The smallest absolute Gasteiger partial charge is 0.338 e. The van der Waals surface area contributed by atoms with Crippen LogP contribution in [0.5, 0.6) is 0 Å². The van der Waals surface area contributed by atoms with Crippen LogP contribution in [0.15, 0.2) is 30.3 Å². The molecule has 0 aromatic heterocycles. The van der Waals surface area contributed by atoms with E-state index in [0.29, 0.717) is 12.1 Å². The summed E-state index contributed by atoms with van der Waals surface area (Å²) < 4.78 is 52.3. The van der Waals surface area contributed by atoms with Gasteiger partial charge in [0.05, 0.1) is 5.56 Å². The number of hydrogen-bond acceptors (Lipinski definition) is 1. The van der Waals surface area contributed by atoms with Crippen LogP contribution in [-0.4, -0.2) is 11.1 Å². The predicted octanol–water partition coefficient (Wildman–Crippen LogP) is 3.61. The van der Waals surface area contributed by atoms with Gasteiger partial charge in [-0.15, -0.1) is 0 Å². The number of benzene rings is 2. The van der Waals surface area contributed by atoms with Gasteiger partial charge in [-0.2, -0.15) is 0 Å². The van der Waals surface area contributed by atoms with Crippen molar-refractivity contribution in [3.05, 3.63) is 59.2 Å². The highest BCUT2D eigenvalue weighted by atomic mass is 19.2. The Bertz CT molecular complexity index is 645. The molecule has 2 rings (SSSR count). The largest absolute Gasteiger partial charge is 0.478 e. The number of carboxylic acids is 1. The zero-order valence-corrected chi connectivity index (χ0v) is 9.25. The lowest BCUT2D eigenvalue weighted by Crippen LogP contribution is -2.00. The molecule has 1 N–H and O–H groups in total. The molecular weight excluding hydrogens is 264 g/mol. The molecule has 0 aliphatic heterocycles. The van der Waals surface area contributed by atoms with E-state index in [1.807, 2.05) is 0 Å². The minimum Gasteiger partial charge on any atom is -0.478 e. The molecule has 6 heteroatoms. The van der Waals surface area contributed by atoms with Crippen molar-refractivity contribution >= 4 is 5.97 Å². The third kappa shape index (κ3) is 2.42. The van der Waals surface area contributed by atoms with E-state index >= 15 is 0 Å². The van der Waals surface area contributed by atoms with Crippen LogP contribution in [0.25, 0.3) is 11.1 Å². The molecule has 2 aromatic rings. The van der Waals surface area contributed by atoms with E-state index in [0.717, 1.165) is 12.1 Å². The second-order valence-electron chi connectivity index (χ2n) is 3.75. The van der Waals surface area contributed by atoms with Gasteiger partial charge < -0.3 is 5.11 Å². The Kier molecular flexibility index (Phi) is 3.25. The summed E-state index contributed by atoms with van der Waals surface area (Å²) in [5, 5.41) is 8.64. The van der Waals surface area contributed by atoms with Crippen molar-refractivity contribution < 1.29 is 27.5 Å². The minimum atomic E-state index is -1.62. The number of carboxylic acid groups (broad SMARTS) is 1. The fourth-order valence-electron chi connectivity index (χ4n) is 1.59. The van der Waals surface area contributed by atoms with Crippen molar-refractivity contribution in [2.75, 3.05) is 0 Å². The number of rotatable bonds is 2. The van der Waals surface area contributed by atoms with Gasteiger partial charge >= 0.3 is 5.97 Å². The van der Waals surface area contributed by atoms with E-state index in [9.17, 15) is 22.4 Å². The van der Waals surface area contributed by atoms with Crippen molar-refractivity contribution in [3.8, 4) is 11.1 Å². The Balaban J connectivity index is 2.54. The van der Waals surface area contributed by atoms with Crippen LogP contribution >= 0.6 is 0 Å². The molecule has 0 aliphatic carbocycles. The second kappa shape index (κ2) is 4.72. The van der Waals surface area contributed by atoms with Crippen LogP contribution in [0.3, 0.4) is 0 Å². The Morgan fingerprint density at radius 3 is 1.84 bits per heavy atom. The SMILES string of the molecule is O=C(O)c1ccc(-c2cc(F)c(F)c(F)c2)cc1F. The molecule has 98 valence electrons. The monoisotopic (exact) mass is 270 g/mol. The number of aromatic carboxylic acids is 1. The van der Waals surface area contributed by atoms with E-state index < -0.39 is 34.8 Å². The summed E-state index contributed by atoms with van der Waals surface area (Å²) in [6.07, 6.45) is 0. The fraction of sp³-hybridized carbons (Fsp3) is 0. The van der Waals surface area contributed by atoms with Gasteiger partial charge in [-0.05, 0) is 35.4 Å². The first-order chi connectivity index (χ1) is 8.90. The Labute approximate surface area is 104 Å². The molecular formula is C13H6F4O2. The Morgan fingerprint density at radius 2 is 1.37 bits per heavy atom. The third-order valence-electron chi connectivity index (χ3n) is 2.52. The highest BCUT2D eigenvalue weighted by Crippen LogP contribution is 2.25. The van der Waals surface area contributed by atoms with E-state index in [1.54, 1.807) is 0 Å². The minimum absolute atomic E-state index is 0.0419. The molecule has 0 amide bonds. The normalized spacial score (nSPS) is 10.5. The number of carbonyl (C=O) groups is 1. The molecule has 2 aromatic carbocycles.